The number of carbonyl (C=O) groups excluding carboxylic acids is 1. The van der Waals surface area contributed by atoms with Gasteiger partial charge in [0.15, 0.2) is 0 Å². The minimum absolute atomic E-state index is 0.416. The van der Waals surface area contributed by atoms with E-state index in [1.165, 1.54) is 64.2 Å². The van der Waals surface area contributed by atoms with Crippen LogP contribution in [0.25, 0.3) is 0 Å². The van der Waals surface area contributed by atoms with E-state index >= 15 is 0 Å². The molecule has 0 bridgehead atoms. The maximum atomic E-state index is 12.7. The maximum absolute atomic E-state index is 12.7. The molecule has 0 aromatic heterocycles. The molecule has 0 aliphatic heterocycles. The Bertz CT molecular complexity index is 1540. The number of rotatable bonds is 22. The van der Waals surface area contributed by atoms with Gasteiger partial charge in [0, 0.05) is 12.4 Å². The van der Waals surface area contributed by atoms with Crippen molar-refractivity contribution < 1.29 is 19.0 Å². The Hall–Kier alpha value is -4.71. The van der Waals surface area contributed by atoms with Crippen LogP contribution >= 0.6 is 0 Å². The van der Waals surface area contributed by atoms with E-state index < -0.39 is 5.97 Å². The molecule has 258 valence electrons. The van der Waals surface area contributed by atoms with Crippen LogP contribution in [0.15, 0.2) is 107 Å². The van der Waals surface area contributed by atoms with Crippen molar-refractivity contribution in [2.24, 2.45) is 9.98 Å². The lowest BCUT2D eigenvalue weighted by atomic mass is 10.1. The minimum Gasteiger partial charge on any atom is -0.494 e. The quantitative estimate of drug-likeness (QED) is 0.0364. The first-order valence-corrected chi connectivity index (χ1v) is 18.1. The van der Waals surface area contributed by atoms with Gasteiger partial charge in [-0.1, -0.05) is 90.2 Å². The van der Waals surface area contributed by atoms with Crippen LogP contribution in [0.5, 0.6) is 17.2 Å². The molecule has 0 N–H and O–H groups in total. The lowest BCUT2D eigenvalue weighted by Crippen LogP contribution is -2.08. The Balaban J connectivity index is 1.16. The third-order valence-corrected chi connectivity index (χ3v) is 8.17. The van der Waals surface area contributed by atoms with Crippen molar-refractivity contribution in [1.82, 2.24) is 0 Å². The number of ether oxygens (including phenoxy) is 3. The fraction of sp³-hybridized carbons (Fsp3) is 0.372. The molecule has 0 amide bonds. The van der Waals surface area contributed by atoms with Gasteiger partial charge >= 0.3 is 5.97 Å². The van der Waals surface area contributed by atoms with Gasteiger partial charge < -0.3 is 14.2 Å². The van der Waals surface area contributed by atoms with E-state index in [4.69, 9.17) is 14.2 Å². The van der Waals surface area contributed by atoms with Crippen molar-refractivity contribution in [1.29, 1.82) is 0 Å². The molecule has 0 saturated carbocycles. The topological polar surface area (TPSA) is 69.5 Å². The van der Waals surface area contributed by atoms with Crippen molar-refractivity contribution in [3.63, 3.8) is 0 Å². The summed E-state index contributed by atoms with van der Waals surface area (Å²) >= 11 is 0. The zero-order valence-electron chi connectivity index (χ0n) is 29.3. The predicted molar refractivity (Wildman–Crippen MR) is 203 cm³/mol. The SMILES string of the molecule is CCCCCCCCOc1ccc(N=Cc2ccc(OC(=O)c3ccc(C=Nc4ccc(OCCCCCCCC)cc4)cc3)cc2)cc1. The highest BCUT2D eigenvalue weighted by atomic mass is 16.5. The second kappa shape index (κ2) is 22.0. The summed E-state index contributed by atoms with van der Waals surface area (Å²) in [4.78, 5) is 21.9. The first kappa shape index (κ1) is 37.1. The van der Waals surface area contributed by atoms with E-state index in [9.17, 15) is 4.79 Å². The summed E-state index contributed by atoms with van der Waals surface area (Å²) in [5, 5.41) is 0. The molecule has 6 nitrogen and oxygen atoms in total. The van der Waals surface area contributed by atoms with E-state index in [0.717, 1.165) is 60.1 Å². The lowest BCUT2D eigenvalue weighted by molar-refractivity contribution is 0.0734. The summed E-state index contributed by atoms with van der Waals surface area (Å²) in [6.07, 6.45) is 18.5. The predicted octanol–water partition coefficient (Wildman–Crippen LogP) is 11.9. The van der Waals surface area contributed by atoms with Crippen LogP contribution < -0.4 is 14.2 Å². The van der Waals surface area contributed by atoms with Gasteiger partial charge in [-0.2, -0.15) is 0 Å². The summed E-state index contributed by atoms with van der Waals surface area (Å²) in [7, 11) is 0. The molecule has 4 rings (SSSR count). The molecule has 0 heterocycles. The summed E-state index contributed by atoms with van der Waals surface area (Å²) < 4.78 is 17.3. The number of unbranched alkanes of at least 4 members (excludes halogenated alkanes) is 10. The van der Waals surface area contributed by atoms with E-state index in [2.05, 4.69) is 23.8 Å². The van der Waals surface area contributed by atoms with Crippen molar-refractivity contribution in [2.75, 3.05) is 13.2 Å². The summed E-state index contributed by atoms with van der Waals surface area (Å²) in [6.45, 7) is 5.96. The zero-order chi connectivity index (χ0) is 34.4. The van der Waals surface area contributed by atoms with Crippen LogP contribution in [0.3, 0.4) is 0 Å². The second-order valence-corrected chi connectivity index (χ2v) is 12.3. The van der Waals surface area contributed by atoms with Gasteiger partial charge in [0.25, 0.3) is 0 Å². The maximum Gasteiger partial charge on any atom is 0.343 e. The first-order valence-electron chi connectivity index (χ1n) is 18.1. The average molecular weight is 661 g/mol. The van der Waals surface area contributed by atoms with Gasteiger partial charge in [-0.3, -0.25) is 9.98 Å². The molecule has 49 heavy (non-hydrogen) atoms. The van der Waals surface area contributed by atoms with Crippen LogP contribution in [-0.4, -0.2) is 31.6 Å². The van der Waals surface area contributed by atoms with E-state index in [1.54, 1.807) is 36.7 Å². The smallest absolute Gasteiger partial charge is 0.343 e. The van der Waals surface area contributed by atoms with Crippen LogP contribution in [-0.2, 0) is 0 Å². The van der Waals surface area contributed by atoms with Gasteiger partial charge in [-0.25, -0.2) is 4.79 Å². The number of carbonyl (C=O) groups is 1. The normalized spacial score (nSPS) is 11.3. The molecule has 0 fully saturated rings. The number of nitrogens with zero attached hydrogens (tertiary/aromatic N) is 2. The van der Waals surface area contributed by atoms with Gasteiger partial charge in [-0.15, -0.1) is 0 Å². The molecule has 0 aliphatic rings. The number of esters is 1. The first-order chi connectivity index (χ1) is 24.1. The fourth-order valence-corrected chi connectivity index (χ4v) is 5.19. The molecular formula is C43H52N2O4. The molecule has 0 unspecified atom stereocenters. The van der Waals surface area contributed by atoms with E-state index in [-0.39, 0.29) is 0 Å². The number of hydrogen-bond donors (Lipinski definition) is 0. The van der Waals surface area contributed by atoms with Crippen molar-refractivity contribution >= 4 is 29.8 Å². The Labute approximate surface area is 293 Å². The van der Waals surface area contributed by atoms with Crippen LogP contribution in [0.2, 0.25) is 0 Å². The number of hydrogen-bond acceptors (Lipinski definition) is 6. The molecule has 0 radical (unpaired) electrons. The third kappa shape index (κ3) is 14.5. The largest absolute Gasteiger partial charge is 0.494 e. The Morgan fingerprint density at radius 3 is 1.33 bits per heavy atom. The number of benzene rings is 4. The van der Waals surface area contributed by atoms with Crippen LogP contribution in [0, 0.1) is 0 Å². The van der Waals surface area contributed by atoms with Crippen molar-refractivity contribution in [2.45, 2.75) is 90.9 Å². The second-order valence-electron chi connectivity index (χ2n) is 12.3. The van der Waals surface area contributed by atoms with Gasteiger partial charge in [-0.05, 0) is 109 Å². The molecule has 4 aromatic rings. The molecular weight excluding hydrogens is 608 g/mol. The van der Waals surface area contributed by atoms with E-state index in [1.807, 2.05) is 72.8 Å². The summed E-state index contributed by atoms with van der Waals surface area (Å²) in [5.74, 6) is 1.79. The Morgan fingerprint density at radius 2 is 0.878 bits per heavy atom. The Kier molecular flexibility index (Phi) is 16.7. The molecule has 0 aliphatic carbocycles. The minimum atomic E-state index is -0.416. The molecule has 0 atom stereocenters. The number of aliphatic imine (C=N–C) groups is 2. The summed E-state index contributed by atoms with van der Waals surface area (Å²) in [6, 6.07) is 30.1. The lowest BCUT2D eigenvalue weighted by Gasteiger charge is -2.06. The molecule has 6 heteroatoms. The average Bonchev–Trinajstić information content (AvgIpc) is 3.14. The van der Waals surface area contributed by atoms with Crippen molar-refractivity contribution in [3.05, 3.63) is 114 Å². The van der Waals surface area contributed by atoms with E-state index in [0.29, 0.717) is 11.3 Å². The Morgan fingerprint density at radius 1 is 0.490 bits per heavy atom. The fourth-order valence-electron chi connectivity index (χ4n) is 5.19. The summed E-state index contributed by atoms with van der Waals surface area (Å²) in [5.41, 5.74) is 3.94. The monoisotopic (exact) mass is 660 g/mol. The molecule has 0 saturated heterocycles. The van der Waals surface area contributed by atoms with Crippen molar-refractivity contribution in [3.8, 4) is 17.2 Å². The van der Waals surface area contributed by atoms with Crippen LogP contribution in [0.1, 0.15) is 112 Å². The van der Waals surface area contributed by atoms with Gasteiger partial charge in [0.1, 0.15) is 17.2 Å². The van der Waals surface area contributed by atoms with Gasteiger partial charge in [0.2, 0.25) is 0 Å². The molecule has 4 aromatic carbocycles. The standard InChI is InChI=1S/C43H52N2O4/c1-3-5-7-9-11-13-31-47-40-27-21-38(22-28-40)44-33-35-15-19-37(20-16-35)43(46)49-42-25-17-36(18-26-42)34-45-39-23-29-41(30-24-39)48-32-14-12-10-8-6-4-2/h15-30,33-34H,3-14,31-32H2,1-2H3. The van der Waals surface area contributed by atoms with Gasteiger partial charge in [0.05, 0.1) is 30.2 Å². The third-order valence-electron chi connectivity index (χ3n) is 8.17. The highest BCUT2D eigenvalue weighted by Gasteiger charge is 2.08. The highest BCUT2D eigenvalue weighted by molar-refractivity contribution is 5.92. The molecule has 0 spiro atoms. The highest BCUT2D eigenvalue weighted by Crippen LogP contribution is 2.21. The van der Waals surface area contributed by atoms with Crippen LogP contribution in [0.4, 0.5) is 11.4 Å². The zero-order valence-corrected chi connectivity index (χ0v) is 29.3.